The molecule has 0 spiro atoms. The van der Waals surface area contributed by atoms with E-state index in [1.54, 1.807) is 5.56 Å². The minimum Gasteiger partial charge on any atom is -0.508 e. The molecule has 21 heavy (non-hydrogen) atoms. The summed E-state index contributed by atoms with van der Waals surface area (Å²) in [6.45, 7) is 2.40. The number of rotatable bonds is 1. The van der Waals surface area contributed by atoms with Gasteiger partial charge in [0.15, 0.2) is 0 Å². The van der Waals surface area contributed by atoms with Crippen LogP contribution >= 0.6 is 0 Å². The maximum absolute atomic E-state index is 9.54. The molecule has 0 heterocycles. The van der Waals surface area contributed by atoms with Crippen LogP contribution in [0.4, 0.5) is 0 Å². The zero-order chi connectivity index (χ0) is 14.4. The van der Waals surface area contributed by atoms with Crippen LogP contribution in [0.15, 0.2) is 48.5 Å². The molecule has 0 aromatic heterocycles. The highest BCUT2D eigenvalue weighted by Crippen LogP contribution is 2.54. The number of hydrogen-bond acceptors (Lipinski definition) is 1. The molecule has 4 atom stereocenters. The quantitative estimate of drug-likeness (QED) is 0.789. The topological polar surface area (TPSA) is 20.2 Å². The van der Waals surface area contributed by atoms with Gasteiger partial charge in [-0.05, 0) is 71.8 Å². The van der Waals surface area contributed by atoms with Gasteiger partial charge in [0, 0.05) is 0 Å². The second kappa shape index (κ2) is 4.91. The first-order valence-electron chi connectivity index (χ1n) is 8.09. The third-order valence-corrected chi connectivity index (χ3v) is 5.58. The average molecular weight is 278 g/mol. The first-order valence-corrected chi connectivity index (χ1v) is 8.09. The molecule has 0 amide bonds. The van der Waals surface area contributed by atoms with Gasteiger partial charge in [-0.1, -0.05) is 43.3 Å². The zero-order valence-corrected chi connectivity index (χ0v) is 12.5. The van der Waals surface area contributed by atoms with Gasteiger partial charge in [-0.25, -0.2) is 0 Å². The average Bonchev–Trinajstić information content (AvgIpc) is 2.89. The molecule has 1 N–H and O–H groups in total. The van der Waals surface area contributed by atoms with Crippen LogP contribution in [0.5, 0.6) is 5.75 Å². The number of phenolic OH excluding ortho intramolecular Hbond substituents is 1. The van der Waals surface area contributed by atoms with E-state index >= 15 is 0 Å². The number of aromatic hydroxyl groups is 1. The highest BCUT2D eigenvalue weighted by Gasteiger charge is 2.42. The molecular formula is C20H22O. The van der Waals surface area contributed by atoms with Gasteiger partial charge in [-0.2, -0.15) is 0 Å². The number of hydrogen-bond donors (Lipinski definition) is 1. The maximum Gasteiger partial charge on any atom is 0.115 e. The second-order valence-electron chi connectivity index (χ2n) is 6.95. The van der Waals surface area contributed by atoms with Crippen molar-refractivity contribution in [2.75, 3.05) is 0 Å². The molecule has 0 radical (unpaired) electrons. The summed E-state index contributed by atoms with van der Waals surface area (Å²) in [6.07, 6.45) is 3.82. The van der Waals surface area contributed by atoms with E-state index in [-0.39, 0.29) is 0 Å². The van der Waals surface area contributed by atoms with Gasteiger partial charge < -0.3 is 5.11 Å². The molecule has 108 valence electrons. The van der Waals surface area contributed by atoms with Gasteiger partial charge in [0.25, 0.3) is 0 Å². The fourth-order valence-corrected chi connectivity index (χ4v) is 4.69. The summed E-state index contributed by atoms with van der Waals surface area (Å²) in [7, 11) is 0. The Bertz CT molecular complexity index is 643. The van der Waals surface area contributed by atoms with Gasteiger partial charge in [0.05, 0.1) is 0 Å². The van der Waals surface area contributed by atoms with Crippen LogP contribution in [0.2, 0.25) is 0 Å². The van der Waals surface area contributed by atoms with Crippen molar-refractivity contribution in [2.45, 2.75) is 38.0 Å². The molecule has 2 aliphatic carbocycles. The molecular weight excluding hydrogens is 256 g/mol. The molecule has 4 unspecified atom stereocenters. The van der Waals surface area contributed by atoms with E-state index < -0.39 is 0 Å². The third kappa shape index (κ3) is 2.16. The minimum atomic E-state index is 0.367. The summed E-state index contributed by atoms with van der Waals surface area (Å²) in [6, 6.07) is 16.9. The lowest BCUT2D eigenvalue weighted by molar-refractivity contribution is 0.361. The summed E-state index contributed by atoms with van der Waals surface area (Å²) in [5.41, 5.74) is 4.53. The predicted molar refractivity (Wildman–Crippen MR) is 85.6 cm³/mol. The van der Waals surface area contributed by atoms with Crippen molar-refractivity contribution in [3.63, 3.8) is 0 Å². The molecule has 4 rings (SSSR count). The van der Waals surface area contributed by atoms with E-state index in [4.69, 9.17) is 0 Å². The van der Waals surface area contributed by atoms with Crippen molar-refractivity contribution >= 4 is 0 Å². The summed E-state index contributed by atoms with van der Waals surface area (Å²) in [5, 5.41) is 9.54. The van der Waals surface area contributed by atoms with Crippen LogP contribution in [0.3, 0.4) is 0 Å². The molecule has 0 bridgehead atoms. The van der Waals surface area contributed by atoms with Gasteiger partial charge >= 0.3 is 0 Å². The lowest BCUT2D eigenvalue weighted by atomic mass is 9.68. The van der Waals surface area contributed by atoms with Crippen LogP contribution in [0, 0.1) is 11.8 Å². The Labute approximate surface area is 126 Å². The minimum absolute atomic E-state index is 0.367. The van der Waals surface area contributed by atoms with E-state index in [2.05, 4.69) is 43.3 Å². The van der Waals surface area contributed by atoms with Crippen molar-refractivity contribution in [3.05, 3.63) is 65.2 Å². The predicted octanol–water partition coefficient (Wildman–Crippen LogP) is 4.86. The Balaban J connectivity index is 1.77. The van der Waals surface area contributed by atoms with Crippen molar-refractivity contribution in [3.8, 4) is 5.75 Å². The summed E-state index contributed by atoms with van der Waals surface area (Å²) < 4.78 is 0. The molecule has 1 fully saturated rings. The van der Waals surface area contributed by atoms with Crippen LogP contribution < -0.4 is 0 Å². The van der Waals surface area contributed by atoms with E-state index in [9.17, 15) is 5.11 Å². The van der Waals surface area contributed by atoms with Gasteiger partial charge in [0.1, 0.15) is 5.75 Å². The monoisotopic (exact) mass is 278 g/mol. The van der Waals surface area contributed by atoms with Crippen molar-refractivity contribution in [2.24, 2.45) is 11.8 Å². The van der Waals surface area contributed by atoms with E-state index in [1.807, 2.05) is 12.1 Å². The Morgan fingerprint density at radius 3 is 2.48 bits per heavy atom. The Kier molecular flexibility index (Phi) is 3.02. The van der Waals surface area contributed by atoms with Crippen LogP contribution in [-0.2, 0) is 6.42 Å². The highest BCUT2D eigenvalue weighted by atomic mass is 16.3. The summed E-state index contributed by atoms with van der Waals surface area (Å²) in [4.78, 5) is 0. The molecule has 0 saturated heterocycles. The molecule has 2 aromatic carbocycles. The third-order valence-electron chi connectivity index (χ3n) is 5.58. The van der Waals surface area contributed by atoms with E-state index in [1.165, 1.54) is 24.0 Å². The number of phenols is 1. The SMILES string of the molecule is CC1CC2c3ccccc3CC(c3ccc(O)cc3)C2C1. The van der Waals surface area contributed by atoms with Crippen molar-refractivity contribution in [1.29, 1.82) is 0 Å². The smallest absolute Gasteiger partial charge is 0.115 e. The number of benzene rings is 2. The first-order chi connectivity index (χ1) is 10.2. The number of fused-ring (bicyclic) bond motifs is 3. The Morgan fingerprint density at radius 2 is 1.67 bits per heavy atom. The fraction of sp³-hybridized carbons (Fsp3) is 0.400. The molecule has 2 aromatic rings. The molecule has 1 heteroatoms. The maximum atomic E-state index is 9.54. The summed E-state index contributed by atoms with van der Waals surface area (Å²) >= 11 is 0. The summed E-state index contributed by atoms with van der Waals surface area (Å²) in [5.74, 6) is 3.29. The highest BCUT2D eigenvalue weighted by molar-refractivity contribution is 5.40. The zero-order valence-electron chi connectivity index (χ0n) is 12.5. The standard InChI is InChI=1S/C20H22O/c1-13-10-19-17-5-3-2-4-15(17)12-18(20(19)11-13)14-6-8-16(21)9-7-14/h2-9,13,18-21H,10-12H2,1H3. The first kappa shape index (κ1) is 12.9. The lowest BCUT2D eigenvalue weighted by Gasteiger charge is -2.36. The van der Waals surface area contributed by atoms with Crippen LogP contribution in [-0.4, -0.2) is 5.11 Å². The van der Waals surface area contributed by atoms with Crippen LogP contribution in [0.25, 0.3) is 0 Å². The Morgan fingerprint density at radius 1 is 0.905 bits per heavy atom. The largest absolute Gasteiger partial charge is 0.508 e. The molecule has 1 saturated carbocycles. The fourth-order valence-electron chi connectivity index (χ4n) is 4.69. The van der Waals surface area contributed by atoms with E-state index in [0.717, 1.165) is 24.2 Å². The van der Waals surface area contributed by atoms with E-state index in [0.29, 0.717) is 11.7 Å². The Hall–Kier alpha value is -1.76. The van der Waals surface area contributed by atoms with Crippen molar-refractivity contribution < 1.29 is 5.11 Å². The lowest BCUT2D eigenvalue weighted by Crippen LogP contribution is -2.24. The normalized spacial score (nSPS) is 30.7. The molecule has 1 nitrogen and oxygen atoms in total. The van der Waals surface area contributed by atoms with Gasteiger partial charge in [0.2, 0.25) is 0 Å². The van der Waals surface area contributed by atoms with Crippen molar-refractivity contribution in [1.82, 2.24) is 0 Å². The van der Waals surface area contributed by atoms with Crippen LogP contribution in [0.1, 0.15) is 48.3 Å². The second-order valence-corrected chi connectivity index (χ2v) is 6.95. The molecule has 0 aliphatic heterocycles. The van der Waals surface area contributed by atoms with Gasteiger partial charge in [-0.3, -0.25) is 0 Å². The molecule has 2 aliphatic rings. The van der Waals surface area contributed by atoms with Gasteiger partial charge in [-0.15, -0.1) is 0 Å².